The van der Waals surface area contributed by atoms with Gasteiger partial charge in [0.05, 0.1) is 12.0 Å². The van der Waals surface area contributed by atoms with E-state index >= 15 is 0 Å². The summed E-state index contributed by atoms with van der Waals surface area (Å²) >= 11 is 0.940. The van der Waals surface area contributed by atoms with Crippen LogP contribution in [-0.2, 0) is 4.79 Å². The summed E-state index contributed by atoms with van der Waals surface area (Å²) in [6.07, 6.45) is 3.25. The SMILES string of the molecule is C=CCN1C(=O)S/C(=C/c2ccc(N(CC)CC)cc2OC)C1=O. The zero-order valence-corrected chi connectivity index (χ0v) is 15.1. The summed E-state index contributed by atoms with van der Waals surface area (Å²) in [5.74, 6) is 0.384. The van der Waals surface area contributed by atoms with Crippen LogP contribution in [0, 0.1) is 0 Å². The van der Waals surface area contributed by atoms with Crippen molar-refractivity contribution in [2.75, 3.05) is 31.6 Å². The van der Waals surface area contributed by atoms with Gasteiger partial charge in [-0.3, -0.25) is 14.5 Å². The van der Waals surface area contributed by atoms with Crippen molar-refractivity contribution >= 4 is 34.7 Å². The van der Waals surface area contributed by atoms with Crippen molar-refractivity contribution in [3.63, 3.8) is 0 Å². The average Bonchev–Trinajstić information content (AvgIpc) is 2.85. The van der Waals surface area contributed by atoms with Gasteiger partial charge in [0.25, 0.3) is 11.1 Å². The third-order valence-electron chi connectivity index (χ3n) is 3.82. The first-order chi connectivity index (χ1) is 11.5. The standard InChI is InChI=1S/C18H22N2O3S/c1-5-10-20-17(21)16(24-18(20)22)11-13-8-9-14(12-15(13)23-4)19(6-2)7-3/h5,8-9,11-12H,1,6-7,10H2,2-4H3/b16-11+. The topological polar surface area (TPSA) is 49.9 Å². The number of ether oxygens (including phenoxy) is 1. The van der Waals surface area contributed by atoms with Crippen LogP contribution in [0.5, 0.6) is 5.75 Å². The number of hydrogen-bond acceptors (Lipinski definition) is 5. The van der Waals surface area contributed by atoms with Crippen molar-refractivity contribution in [1.82, 2.24) is 4.90 Å². The molecule has 0 saturated carbocycles. The van der Waals surface area contributed by atoms with Crippen LogP contribution in [0.15, 0.2) is 35.8 Å². The molecule has 2 amide bonds. The Morgan fingerprint density at radius 3 is 2.58 bits per heavy atom. The highest BCUT2D eigenvalue weighted by molar-refractivity contribution is 8.18. The lowest BCUT2D eigenvalue weighted by Crippen LogP contribution is -2.27. The predicted octanol–water partition coefficient (Wildman–Crippen LogP) is 3.76. The van der Waals surface area contributed by atoms with Gasteiger partial charge in [-0.25, -0.2) is 0 Å². The Balaban J connectivity index is 2.34. The van der Waals surface area contributed by atoms with E-state index in [2.05, 4.69) is 25.3 Å². The molecule has 0 atom stereocenters. The Hall–Kier alpha value is -2.21. The van der Waals surface area contributed by atoms with Gasteiger partial charge in [-0.05, 0) is 43.8 Å². The Morgan fingerprint density at radius 2 is 2.00 bits per heavy atom. The van der Waals surface area contributed by atoms with Crippen LogP contribution in [0.4, 0.5) is 10.5 Å². The van der Waals surface area contributed by atoms with Gasteiger partial charge in [0.1, 0.15) is 5.75 Å². The number of benzene rings is 1. The Bertz CT molecular complexity index is 681. The highest BCUT2D eigenvalue weighted by Gasteiger charge is 2.34. The summed E-state index contributed by atoms with van der Waals surface area (Å²) < 4.78 is 5.47. The van der Waals surface area contributed by atoms with E-state index in [1.54, 1.807) is 19.3 Å². The molecule has 5 nitrogen and oxygen atoms in total. The van der Waals surface area contributed by atoms with E-state index in [4.69, 9.17) is 4.74 Å². The summed E-state index contributed by atoms with van der Waals surface area (Å²) in [4.78, 5) is 28.0. The van der Waals surface area contributed by atoms with Crippen molar-refractivity contribution in [1.29, 1.82) is 0 Å². The molecule has 1 aliphatic rings. The van der Waals surface area contributed by atoms with Crippen LogP contribution < -0.4 is 9.64 Å². The van der Waals surface area contributed by atoms with Crippen LogP contribution >= 0.6 is 11.8 Å². The third kappa shape index (κ3) is 3.64. The van der Waals surface area contributed by atoms with E-state index in [0.717, 1.165) is 36.1 Å². The molecule has 0 spiro atoms. The Kier molecular flexibility index (Phi) is 6.09. The predicted molar refractivity (Wildman–Crippen MR) is 99.4 cm³/mol. The number of thioether (sulfide) groups is 1. The molecule has 128 valence electrons. The minimum absolute atomic E-state index is 0.222. The Labute approximate surface area is 147 Å². The second-order valence-corrected chi connectivity index (χ2v) is 6.17. The molecule has 1 saturated heterocycles. The number of methoxy groups -OCH3 is 1. The lowest BCUT2D eigenvalue weighted by molar-refractivity contribution is -0.122. The van der Waals surface area contributed by atoms with E-state index < -0.39 is 0 Å². The largest absolute Gasteiger partial charge is 0.496 e. The highest BCUT2D eigenvalue weighted by Crippen LogP contribution is 2.35. The van der Waals surface area contributed by atoms with Crippen LogP contribution in [0.25, 0.3) is 6.08 Å². The summed E-state index contributed by atoms with van der Waals surface area (Å²) in [7, 11) is 1.60. The molecule has 0 aliphatic carbocycles. The number of hydrogen-bond donors (Lipinski definition) is 0. The maximum atomic E-state index is 12.3. The van der Waals surface area contributed by atoms with Gasteiger partial charge >= 0.3 is 0 Å². The van der Waals surface area contributed by atoms with Crippen LogP contribution in [-0.4, -0.2) is 42.8 Å². The average molecular weight is 346 g/mol. The lowest BCUT2D eigenvalue weighted by atomic mass is 10.1. The van der Waals surface area contributed by atoms with Gasteiger partial charge < -0.3 is 9.64 Å². The number of anilines is 1. The molecule has 24 heavy (non-hydrogen) atoms. The number of nitrogens with zero attached hydrogens (tertiary/aromatic N) is 2. The molecule has 1 aliphatic heterocycles. The third-order valence-corrected chi connectivity index (χ3v) is 4.72. The first-order valence-corrected chi connectivity index (χ1v) is 8.66. The van der Waals surface area contributed by atoms with E-state index in [0.29, 0.717) is 10.7 Å². The van der Waals surface area contributed by atoms with Crippen LogP contribution in [0.2, 0.25) is 0 Å². The van der Waals surface area contributed by atoms with Crippen molar-refractivity contribution < 1.29 is 14.3 Å². The summed E-state index contributed by atoms with van der Waals surface area (Å²) in [6.45, 7) is 9.79. The number of carbonyl (C=O) groups excluding carboxylic acids is 2. The molecule has 2 rings (SSSR count). The normalized spacial score (nSPS) is 16.0. The molecule has 0 unspecified atom stereocenters. The second kappa shape index (κ2) is 8.06. The monoisotopic (exact) mass is 346 g/mol. The van der Waals surface area contributed by atoms with Crippen molar-refractivity contribution in [3.05, 3.63) is 41.3 Å². The molecule has 1 aromatic rings. The van der Waals surface area contributed by atoms with E-state index in [1.165, 1.54) is 4.90 Å². The Morgan fingerprint density at radius 1 is 1.29 bits per heavy atom. The molecule has 0 bridgehead atoms. The first kappa shape index (κ1) is 18.1. The molecule has 0 N–H and O–H groups in total. The molecule has 1 aromatic carbocycles. The van der Waals surface area contributed by atoms with Crippen molar-refractivity contribution in [2.24, 2.45) is 0 Å². The first-order valence-electron chi connectivity index (χ1n) is 7.84. The van der Waals surface area contributed by atoms with E-state index in [-0.39, 0.29) is 17.7 Å². The minimum atomic E-state index is -0.292. The van der Waals surface area contributed by atoms with Gasteiger partial charge in [-0.2, -0.15) is 0 Å². The van der Waals surface area contributed by atoms with Crippen molar-refractivity contribution in [2.45, 2.75) is 13.8 Å². The second-order valence-electron chi connectivity index (χ2n) is 5.18. The van der Waals surface area contributed by atoms with Gasteiger partial charge in [-0.15, -0.1) is 6.58 Å². The number of rotatable bonds is 7. The fourth-order valence-electron chi connectivity index (χ4n) is 2.53. The fraction of sp³-hybridized carbons (Fsp3) is 0.333. The fourth-order valence-corrected chi connectivity index (χ4v) is 3.37. The lowest BCUT2D eigenvalue weighted by Gasteiger charge is -2.22. The number of imide groups is 1. The summed E-state index contributed by atoms with van der Waals surface area (Å²) in [6, 6.07) is 5.86. The number of amides is 2. The highest BCUT2D eigenvalue weighted by atomic mass is 32.2. The number of carbonyl (C=O) groups is 2. The summed E-state index contributed by atoms with van der Waals surface area (Å²) in [5, 5.41) is -0.273. The zero-order valence-electron chi connectivity index (χ0n) is 14.2. The molecule has 0 radical (unpaired) electrons. The summed E-state index contributed by atoms with van der Waals surface area (Å²) in [5.41, 5.74) is 1.84. The van der Waals surface area contributed by atoms with E-state index in [1.807, 2.05) is 18.2 Å². The molecule has 1 heterocycles. The van der Waals surface area contributed by atoms with Crippen LogP contribution in [0.1, 0.15) is 19.4 Å². The molecule has 1 fully saturated rings. The quantitative estimate of drug-likeness (QED) is 0.556. The maximum absolute atomic E-state index is 12.3. The van der Waals surface area contributed by atoms with Gasteiger partial charge in [0, 0.05) is 37.0 Å². The molecule has 6 heteroatoms. The molecular weight excluding hydrogens is 324 g/mol. The van der Waals surface area contributed by atoms with Crippen LogP contribution in [0.3, 0.4) is 0 Å². The smallest absolute Gasteiger partial charge is 0.293 e. The van der Waals surface area contributed by atoms with Gasteiger partial charge in [0.15, 0.2) is 0 Å². The molecular formula is C18H22N2O3S. The van der Waals surface area contributed by atoms with E-state index in [9.17, 15) is 9.59 Å². The van der Waals surface area contributed by atoms with Crippen molar-refractivity contribution in [3.8, 4) is 5.75 Å². The molecule has 0 aromatic heterocycles. The maximum Gasteiger partial charge on any atom is 0.293 e. The minimum Gasteiger partial charge on any atom is -0.496 e. The van der Waals surface area contributed by atoms with Gasteiger partial charge in [0.2, 0.25) is 0 Å². The van der Waals surface area contributed by atoms with Gasteiger partial charge in [-0.1, -0.05) is 6.08 Å². The zero-order chi connectivity index (χ0) is 17.7.